The molecular formula is C26H30N4O5. The van der Waals surface area contributed by atoms with Crippen molar-refractivity contribution in [3.63, 3.8) is 0 Å². The third-order valence-electron chi connectivity index (χ3n) is 6.67. The number of carbonyl (C=O) groups excluding carboxylic acids is 4. The smallest absolute Gasteiger partial charge is 0.325 e. The average Bonchev–Trinajstić information content (AvgIpc) is 3.08. The Bertz CT molecular complexity index is 1140. The van der Waals surface area contributed by atoms with Crippen LogP contribution < -0.4 is 10.1 Å². The van der Waals surface area contributed by atoms with Gasteiger partial charge in [0, 0.05) is 26.2 Å². The van der Waals surface area contributed by atoms with E-state index in [4.69, 9.17) is 4.74 Å². The molecule has 2 fully saturated rings. The zero-order valence-corrected chi connectivity index (χ0v) is 20.2. The molecule has 0 spiro atoms. The van der Waals surface area contributed by atoms with Gasteiger partial charge in [-0.1, -0.05) is 42.0 Å². The average molecular weight is 479 g/mol. The highest BCUT2D eigenvalue weighted by Crippen LogP contribution is 2.29. The van der Waals surface area contributed by atoms with Crippen molar-refractivity contribution < 1.29 is 23.9 Å². The zero-order valence-electron chi connectivity index (χ0n) is 20.2. The second kappa shape index (κ2) is 9.77. The van der Waals surface area contributed by atoms with Gasteiger partial charge >= 0.3 is 6.03 Å². The van der Waals surface area contributed by atoms with Gasteiger partial charge in [-0.15, -0.1) is 0 Å². The number of rotatable bonds is 6. The number of benzene rings is 2. The number of hydrogen-bond acceptors (Lipinski definition) is 5. The van der Waals surface area contributed by atoms with Gasteiger partial charge in [-0.25, -0.2) is 4.79 Å². The zero-order chi connectivity index (χ0) is 25.2. The number of aryl methyl sites for hydroxylation is 1. The van der Waals surface area contributed by atoms with E-state index in [1.54, 1.807) is 36.0 Å². The Hall–Kier alpha value is -3.88. The summed E-state index contributed by atoms with van der Waals surface area (Å²) < 4.78 is 5.21. The van der Waals surface area contributed by atoms with Gasteiger partial charge in [0.05, 0.1) is 13.5 Å². The van der Waals surface area contributed by atoms with Crippen LogP contribution in [0.5, 0.6) is 5.75 Å². The van der Waals surface area contributed by atoms with E-state index in [1.807, 2.05) is 43.3 Å². The van der Waals surface area contributed by atoms with E-state index in [0.717, 1.165) is 16.0 Å². The lowest BCUT2D eigenvalue weighted by Crippen LogP contribution is -2.53. The van der Waals surface area contributed by atoms with E-state index < -0.39 is 17.5 Å². The largest absolute Gasteiger partial charge is 0.497 e. The summed E-state index contributed by atoms with van der Waals surface area (Å²) in [6.45, 7) is 4.76. The molecule has 5 amide bonds. The van der Waals surface area contributed by atoms with Gasteiger partial charge in [0.1, 0.15) is 17.8 Å². The third-order valence-corrected chi connectivity index (χ3v) is 6.67. The summed E-state index contributed by atoms with van der Waals surface area (Å²) in [5, 5.41) is 2.73. The first kappa shape index (κ1) is 24.3. The summed E-state index contributed by atoms with van der Waals surface area (Å²) in [7, 11) is 1.58. The van der Waals surface area contributed by atoms with E-state index in [9.17, 15) is 19.2 Å². The number of carbonyl (C=O) groups is 4. The van der Waals surface area contributed by atoms with Gasteiger partial charge in [-0.3, -0.25) is 19.3 Å². The van der Waals surface area contributed by atoms with Gasteiger partial charge in [-0.2, -0.15) is 0 Å². The quantitative estimate of drug-likeness (QED) is 0.637. The van der Waals surface area contributed by atoms with Crippen LogP contribution in [0.25, 0.3) is 0 Å². The van der Waals surface area contributed by atoms with Gasteiger partial charge in [0.25, 0.3) is 5.91 Å². The molecule has 2 aliphatic heterocycles. The van der Waals surface area contributed by atoms with E-state index >= 15 is 0 Å². The number of imide groups is 1. The van der Waals surface area contributed by atoms with E-state index in [0.29, 0.717) is 37.5 Å². The number of amides is 5. The number of ether oxygens (including phenoxy) is 1. The first-order chi connectivity index (χ1) is 16.7. The van der Waals surface area contributed by atoms with Gasteiger partial charge < -0.3 is 19.9 Å². The molecule has 4 rings (SSSR count). The van der Waals surface area contributed by atoms with Gasteiger partial charge in [0.2, 0.25) is 11.8 Å². The predicted molar refractivity (Wildman–Crippen MR) is 129 cm³/mol. The molecule has 2 aromatic carbocycles. The summed E-state index contributed by atoms with van der Waals surface area (Å²) in [5.74, 6) is -0.0913. The van der Waals surface area contributed by atoms with Crippen LogP contribution in [0.4, 0.5) is 4.79 Å². The first-order valence-corrected chi connectivity index (χ1v) is 11.6. The number of methoxy groups -OCH3 is 1. The number of urea groups is 1. The maximum atomic E-state index is 13.1. The molecule has 0 aromatic heterocycles. The molecule has 1 N–H and O–H groups in total. The first-order valence-electron chi connectivity index (χ1n) is 11.6. The highest BCUT2D eigenvalue weighted by Gasteiger charge is 2.49. The minimum atomic E-state index is -1.21. The van der Waals surface area contributed by atoms with E-state index in [2.05, 4.69) is 5.32 Å². The van der Waals surface area contributed by atoms with Crippen molar-refractivity contribution in [2.75, 3.05) is 39.8 Å². The number of nitrogens with zero attached hydrogens (tertiary/aromatic N) is 3. The Morgan fingerprint density at radius 2 is 1.60 bits per heavy atom. The lowest BCUT2D eigenvalue weighted by Gasteiger charge is -2.35. The topological polar surface area (TPSA) is 99.3 Å². The monoisotopic (exact) mass is 478 g/mol. The molecular weight excluding hydrogens is 448 g/mol. The van der Waals surface area contributed by atoms with Crippen LogP contribution in [0.15, 0.2) is 48.5 Å². The molecule has 0 aliphatic carbocycles. The van der Waals surface area contributed by atoms with Crippen molar-refractivity contribution in [2.45, 2.75) is 25.8 Å². The second-order valence-electron chi connectivity index (χ2n) is 9.10. The lowest BCUT2D eigenvalue weighted by atomic mass is 9.91. The Balaban J connectivity index is 1.32. The summed E-state index contributed by atoms with van der Waals surface area (Å²) >= 11 is 0. The Kier molecular flexibility index (Phi) is 6.77. The van der Waals surface area contributed by atoms with Crippen LogP contribution in [0, 0.1) is 6.92 Å². The molecule has 0 saturated carbocycles. The molecule has 184 valence electrons. The van der Waals surface area contributed by atoms with Crippen molar-refractivity contribution in [2.24, 2.45) is 0 Å². The fourth-order valence-corrected chi connectivity index (χ4v) is 4.43. The summed E-state index contributed by atoms with van der Waals surface area (Å²) in [6.07, 6.45) is 0.255. The molecule has 1 atom stereocenters. The van der Waals surface area contributed by atoms with E-state index in [-0.39, 0.29) is 24.8 Å². The maximum absolute atomic E-state index is 13.1. The summed E-state index contributed by atoms with van der Waals surface area (Å²) in [4.78, 5) is 55.6. The highest BCUT2D eigenvalue weighted by atomic mass is 16.5. The number of nitrogens with one attached hydrogen (secondary N) is 1. The molecule has 2 heterocycles. The van der Waals surface area contributed by atoms with Crippen LogP contribution in [-0.4, -0.2) is 78.3 Å². The third kappa shape index (κ3) is 4.99. The second-order valence-corrected chi connectivity index (χ2v) is 9.10. The Labute approximate surface area is 204 Å². The van der Waals surface area contributed by atoms with Crippen molar-refractivity contribution in [3.8, 4) is 5.75 Å². The predicted octanol–water partition coefficient (Wildman–Crippen LogP) is 1.68. The molecule has 1 unspecified atom stereocenters. The minimum absolute atomic E-state index is 0.0201. The fraction of sp³-hybridized carbons (Fsp3) is 0.385. The van der Waals surface area contributed by atoms with Crippen LogP contribution in [-0.2, 0) is 26.3 Å². The Morgan fingerprint density at radius 1 is 0.971 bits per heavy atom. The normalized spacial score (nSPS) is 20.1. The van der Waals surface area contributed by atoms with Crippen molar-refractivity contribution in [1.82, 2.24) is 20.0 Å². The number of piperazine rings is 1. The van der Waals surface area contributed by atoms with Crippen molar-refractivity contribution in [3.05, 3.63) is 65.2 Å². The van der Waals surface area contributed by atoms with Crippen molar-refractivity contribution in [1.29, 1.82) is 0 Å². The summed E-state index contributed by atoms with van der Waals surface area (Å²) in [6, 6.07) is 14.2. The van der Waals surface area contributed by atoms with Gasteiger partial charge in [-0.05, 0) is 37.1 Å². The van der Waals surface area contributed by atoms with Crippen LogP contribution >= 0.6 is 0 Å². The highest BCUT2D eigenvalue weighted by molar-refractivity contribution is 6.09. The van der Waals surface area contributed by atoms with Crippen LogP contribution in [0.3, 0.4) is 0 Å². The van der Waals surface area contributed by atoms with Crippen molar-refractivity contribution >= 4 is 23.8 Å². The molecule has 2 aromatic rings. The molecule has 35 heavy (non-hydrogen) atoms. The molecule has 0 bridgehead atoms. The maximum Gasteiger partial charge on any atom is 0.325 e. The van der Waals surface area contributed by atoms with Crippen LogP contribution in [0.2, 0.25) is 0 Å². The standard InChI is InChI=1S/C26H30N4O5/c1-18-7-9-20(10-8-18)26(2)24(33)30(25(34)27-26)17-23(32)29-13-11-28(12-14-29)22(31)16-19-5-4-6-21(15-19)35-3/h4-10,15H,11-14,16-17H2,1-3H3,(H,27,34). The number of hydrogen-bond donors (Lipinski definition) is 1. The minimum Gasteiger partial charge on any atom is -0.497 e. The Morgan fingerprint density at radius 3 is 2.23 bits per heavy atom. The molecule has 2 saturated heterocycles. The molecule has 0 radical (unpaired) electrons. The SMILES string of the molecule is COc1cccc(CC(=O)N2CCN(C(=O)CN3C(=O)NC(C)(c4ccc(C)cc4)C3=O)CC2)c1. The fourth-order valence-electron chi connectivity index (χ4n) is 4.43. The molecule has 9 heteroatoms. The van der Waals surface area contributed by atoms with Crippen LogP contribution in [0.1, 0.15) is 23.6 Å². The lowest BCUT2D eigenvalue weighted by molar-refractivity contribution is -0.142. The van der Waals surface area contributed by atoms with E-state index in [1.165, 1.54) is 0 Å². The summed E-state index contributed by atoms with van der Waals surface area (Å²) in [5.41, 5.74) is 1.36. The molecule has 9 nitrogen and oxygen atoms in total. The molecule has 2 aliphatic rings. The van der Waals surface area contributed by atoms with Gasteiger partial charge in [0.15, 0.2) is 0 Å².